The summed E-state index contributed by atoms with van der Waals surface area (Å²) in [6.45, 7) is 7.75. The number of carbonyl (C=O) groups excluding carboxylic acids is 1. The molecule has 3 rings (SSSR count). The van der Waals surface area contributed by atoms with E-state index in [1.807, 2.05) is 31.7 Å². The van der Waals surface area contributed by atoms with Crippen molar-refractivity contribution in [1.29, 1.82) is 0 Å². The van der Waals surface area contributed by atoms with E-state index < -0.39 is 0 Å². The van der Waals surface area contributed by atoms with E-state index in [0.717, 1.165) is 22.4 Å². The molecule has 0 spiro atoms. The minimum atomic E-state index is -0.285. The number of rotatable bonds is 3. The smallest absolute Gasteiger partial charge is 0.295 e. The molecular formula is C19H20N2O3. The fourth-order valence-electron chi connectivity index (χ4n) is 2.87. The average molecular weight is 324 g/mol. The summed E-state index contributed by atoms with van der Waals surface area (Å²) in [5, 5.41) is 10.2. The number of aryl methyl sites for hydroxylation is 1. The Morgan fingerprint density at radius 1 is 1.29 bits per heavy atom. The lowest BCUT2D eigenvalue weighted by molar-refractivity contribution is -0.113. The Bertz CT molecular complexity index is 846. The minimum Gasteiger partial charge on any atom is -0.508 e. The van der Waals surface area contributed by atoms with Crippen LogP contribution in [0, 0.1) is 6.92 Å². The topological polar surface area (TPSA) is 66.0 Å². The summed E-state index contributed by atoms with van der Waals surface area (Å²) in [4.78, 5) is 18.2. The van der Waals surface area contributed by atoms with Crippen molar-refractivity contribution in [2.24, 2.45) is 4.99 Å². The summed E-state index contributed by atoms with van der Waals surface area (Å²) in [5.74, 6) is 0.762. The fraction of sp³-hybridized carbons (Fsp3) is 0.263. The Labute approximate surface area is 140 Å². The van der Waals surface area contributed by atoms with Crippen LogP contribution in [-0.2, 0) is 4.79 Å². The van der Waals surface area contributed by atoms with Crippen LogP contribution >= 0.6 is 0 Å². The summed E-state index contributed by atoms with van der Waals surface area (Å²) in [6.07, 6.45) is 4.90. The van der Waals surface area contributed by atoms with E-state index in [9.17, 15) is 9.90 Å². The van der Waals surface area contributed by atoms with Crippen molar-refractivity contribution in [2.45, 2.75) is 33.6 Å². The number of anilines is 1. The predicted molar refractivity (Wildman–Crippen MR) is 94.2 cm³/mol. The first kappa shape index (κ1) is 16.1. The molecule has 1 aromatic heterocycles. The second kappa shape index (κ2) is 6.00. The van der Waals surface area contributed by atoms with Crippen molar-refractivity contribution in [2.75, 3.05) is 4.90 Å². The molecule has 1 amide bonds. The van der Waals surface area contributed by atoms with Gasteiger partial charge in [0.25, 0.3) is 5.91 Å². The largest absolute Gasteiger partial charge is 0.508 e. The Balaban J connectivity index is 2.14. The Kier molecular flexibility index (Phi) is 4.01. The van der Waals surface area contributed by atoms with Crippen LogP contribution < -0.4 is 4.90 Å². The van der Waals surface area contributed by atoms with E-state index in [2.05, 4.69) is 4.99 Å². The van der Waals surface area contributed by atoms with Gasteiger partial charge in [0.05, 0.1) is 18.2 Å². The van der Waals surface area contributed by atoms with Crippen molar-refractivity contribution in [1.82, 2.24) is 0 Å². The van der Waals surface area contributed by atoms with Gasteiger partial charge in [0.2, 0.25) is 0 Å². The van der Waals surface area contributed by atoms with Gasteiger partial charge in [-0.3, -0.25) is 9.69 Å². The summed E-state index contributed by atoms with van der Waals surface area (Å²) in [6, 6.07) is 5.45. The van der Waals surface area contributed by atoms with Gasteiger partial charge in [-0.05, 0) is 55.2 Å². The highest BCUT2D eigenvalue weighted by Crippen LogP contribution is 2.36. The molecule has 0 unspecified atom stereocenters. The van der Waals surface area contributed by atoms with Gasteiger partial charge in [-0.1, -0.05) is 13.8 Å². The number of phenolic OH excluding ortho intramolecular Hbond substituents is 1. The molecule has 1 N–H and O–H groups in total. The number of carbonyl (C=O) groups is 1. The second-order valence-corrected chi connectivity index (χ2v) is 6.24. The summed E-state index contributed by atoms with van der Waals surface area (Å²) in [5.41, 5.74) is 3.83. The van der Waals surface area contributed by atoms with E-state index in [4.69, 9.17) is 4.42 Å². The highest BCUT2D eigenvalue weighted by atomic mass is 16.3. The molecule has 0 aliphatic carbocycles. The lowest BCUT2D eigenvalue weighted by Gasteiger charge is -2.23. The quantitative estimate of drug-likeness (QED) is 0.858. The molecule has 5 nitrogen and oxygen atoms in total. The zero-order valence-corrected chi connectivity index (χ0v) is 14.2. The predicted octanol–water partition coefficient (Wildman–Crippen LogP) is 4.22. The van der Waals surface area contributed by atoms with Crippen LogP contribution in [0.1, 0.15) is 43.4 Å². The summed E-state index contributed by atoms with van der Waals surface area (Å²) >= 11 is 0. The first-order chi connectivity index (χ1) is 11.4. The SMILES string of the molecule is CC1=NC(=O)/C(=C/c2ccoc2)N1c1cc(C(C)C)c(O)cc1C. The normalized spacial score (nSPS) is 16.4. The molecule has 24 heavy (non-hydrogen) atoms. The van der Waals surface area contributed by atoms with Gasteiger partial charge in [-0.25, -0.2) is 0 Å². The number of phenols is 1. The molecule has 2 aromatic rings. The van der Waals surface area contributed by atoms with Crippen LogP contribution in [0.5, 0.6) is 5.75 Å². The number of amides is 1. The van der Waals surface area contributed by atoms with Gasteiger partial charge in [-0.15, -0.1) is 0 Å². The number of amidine groups is 1. The van der Waals surface area contributed by atoms with Gasteiger partial charge in [0, 0.05) is 5.56 Å². The van der Waals surface area contributed by atoms with Gasteiger partial charge < -0.3 is 9.52 Å². The number of nitrogens with zero attached hydrogens (tertiary/aromatic N) is 2. The van der Waals surface area contributed by atoms with E-state index in [0.29, 0.717) is 11.5 Å². The first-order valence-corrected chi connectivity index (χ1v) is 7.85. The lowest BCUT2D eigenvalue weighted by Crippen LogP contribution is -2.25. The lowest BCUT2D eigenvalue weighted by atomic mass is 9.98. The Hall–Kier alpha value is -2.82. The molecule has 0 atom stereocenters. The van der Waals surface area contributed by atoms with E-state index in [-0.39, 0.29) is 17.6 Å². The zero-order chi connectivity index (χ0) is 17.4. The van der Waals surface area contributed by atoms with Crippen LogP contribution in [0.4, 0.5) is 5.69 Å². The first-order valence-electron chi connectivity index (χ1n) is 7.85. The molecule has 0 fully saturated rings. The average Bonchev–Trinajstić information content (AvgIpc) is 3.09. The monoisotopic (exact) mass is 324 g/mol. The maximum atomic E-state index is 12.3. The van der Waals surface area contributed by atoms with Crippen molar-refractivity contribution in [3.8, 4) is 5.75 Å². The van der Waals surface area contributed by atoms with Gasteiger partial charge in [0.1, 0.15) is 17.3 Å². The van der Waals surface area contributed by atoms with Crippen molar-refractivity contribution in [3.05, 3.63) is 53.1 Å². The number of hydrogen-bond donors (Lipinski definition) is 1. The minimum absolute atomic E-state index is 0.168. The van der Waals surface area contributed by atoms with Crippen molar-refractivity contribution < 1.29 is 14.3 Å². The molecule has 0 saturated heterocycles. The van der Waals surface area contributed by atoms with Crippen molar-refractivity contribution >= 4 is 23.5 Å². The number of hydrogen-bond acceptors (Lipinski definition) is 4. The zero-order valence-electron chi connectivity index (χ0n) is 14.2. The highest BCUT2D eigenvalue weighted by molar-refractivity contribution is 6.22. The van der Waals surface area contributed by atoms with E-state index >= 15 is 0 Å². The van der Waals surface area contributed by atoms with E-state index in [1.165, 1.54) is 0 Å². The fourth-order valence-corrected chi connectivity index (χ4v) is 2.87. The molecule has 1 aliphatic heterocycles. The summed E-state index contributed by atoms with van der Waals surface area (Å²) in [7, 11) is 0. The molecule has 1 aromatic carbocycles. The standard InChI is InChI=1S/C19H20N2O3/c1-11(2)15-9-16(12(3)7-18(15)22)21-13(4)20-19(23)17(21)8-14-5-6-24-10-14/h5-11,22H,1-4H3/b17-8-. The number of benzene rings is 1. The molecular weight excluding hydrogens is 304 g/mol. The highest BCUT2D eigenvalue weighted by Gasteiger charge is 2.30. The number of aliphatic imine (C=N–C) groups is 1. The molecule has 0 radical (unpaired) electrons. The van der Waals surface area contributed by atoms with Crippen molar-refractivity contribution in [3.63, 3.8) is 0 Å². The molecule has 1 aliphatic rings. The third kappa shape index (κ3) is 2.73. The van der Waals surface area contributed by atoms with Gasteiger partial charge in [0.15, 0.2) is 0 Å². The molecule has 0 saturated carbocycles. The third-order valence-electron chi connectivity index (χ3n) is 4.10. The molecule has 124 valence electrons. The second-order valence-electron chi connectivity index (χ2n) is 6.24. The molecule has 2 heterocycles. The Morgan fingerprint density at radius 2 is 2.04 bits per heavy atom. The number of aromatic hydroxyl groups is 1. The van der Waals surface area contributed by atoms with Crippen LogP contribution in [0.25, 0.3) is 6.08 Å². The summed E-state index contributed by atoms with van der Waals surface area (Å²) < 4.78 is 5.07. The van der Waals surface area contributed by atoms with Crippen LogP contribution in [0.15, 0.2) is 45.8 Å². The third-order valence-corrected chi connectivity index (χ3v) is 4.10. The van der Waals surface area contributed by atoms with Gasteiger partial charge in [-0.2, -0.15) is 4.99 Å². The van der Waals surface area contributed by atoms with Crippen LogP contribution in [-0.4, -0.2) is 16.8 Å². The molecule has 0 bridgehead atoms. The number of furan rings is 1. The maximum Gasteiger partial charge on any atom is 0.295 e. The van der Waals surface area contributed by atoms with Crippen LogP contribution in [0.2, 0.25) is 0 Å². The van der Waals surface area contributed by atoms with E-state index in [1.54, 1.807) is 37.7 Å². The Morgan fingerprint density at radius 3 is 2.67 bits per heavy atom. The molecule has 5 heteroatoms. The van der Waals surface area contributed by atoms with Gasteiger partial charge >= 0.3 is 0 Å². The maximum absolute atomic E-state index is 12.3. The van der Waals surface area contributed by atoms with Crippen LogP contribution in [0.3, 0.4) is 0 Å².